The molecular formula is C14H15N3O3S. The van der Waals surface area contributed by atoms with Gasteiger partial charge in [0.25, 0.3) is 0 Å². The predicted octanol–water partition coefficient (Wildman–Crippen LogP) is 1.56. The van der Waals surface area contributed by atoms with E-state index < -0.39 is 9.84 Å². The molecule has 0 saturated carbocycles. The Kier molecular flexibility index (Phi) is 4.64. The Morgan fingerprint density at radius 2 is 1.95 bits per heavy atom. The van der Waals surface area contributed by atoms with Crippen molar-refractivity contribution in [3.05, 3.63) is 48.2 Å². The highest BCUT2D eigenvalue weighted by Gasteiger charge is 2.21. The van der Waals surface area contributed by atoms with E-state index >= 15 is 0 Å². The summed E-state index contributed by atoms with van der Waals surface area (Å²) >= 11 is 0. The lowest BCUT2D eigenvalue weighted by molar-refractivity contribution is -0.104. The van der Waals surface area contributed by atoms with E-state index in [4.69, 9.17) is 0 Å². The summed E-state index contributed by atoms with van der Waals surface area (Å²) in [6.07, 6.45) is 5.73. The average molecular weight is 305 g/mol. The fraction of sp³-hybridized carbons (Fsp3) is 0.214. The Morgan fingerprint density at radius 3 is 2.62 bits per heavy atom. The number of aryl methyl sites for hydroxylation is 2. The second-order valence-corrected chi connectivity index (χ2v) is 6.39. The molecule has 21 heavy (non-hydrogen) atoms. The SMILES string of the molecule is Cc1ccc(S(=O)(=O)c2cn(CC/C=C/C=O)nn2)cc1. The first kappa shape index (κ1) is 15.1. The number of carbonyl (C=O) groups is 1. The molecule has 0 unspecified atom stereocenters. The van der Waals surface area contributed by atoms with Crippen molar-refractivity contribution in [2.24, 2.45) is 0 Å². The predicted molar refractivity (Wildman–Crippen MR) is 76.5 cm³/mol. The quantitative estimate of drug-likeness (QED) is 0.597. The summed E-state index contributed by atoms with van der Waals surface area (Å²) in [5, 5.41) is 7.43. The van der Waals surface area contributed by atoms with Crippen LogP contribution in [0.2, 0.25) is 0 Å². The van der Waals surface area contributed by atoms with Crippen molar-refractivity contribution in [2.45, 2.75) is 29.8 Å². The van der Waals surface area contributed by atoms with Crippen LogP contribution in [0, 0.1) is 6.92 Å². The summed E-state index contributed by atoms with van der Waals surface area (Å²) in [7, 11) is -3.64. The number of aldehydes is 1. The minimum atomic E-state index is -3.64. The van der Waals surface area contributed by atoms with Crippen molar-refractivity contribution >= 4 is 16.1 Å². The molecule has 7 heteroatoms. The number of hydrogen-bond donors (Lipinski definition) is 0. The van der Waals surface area contributed by atoms with Crippen LogP contribution >= 0.6 is 0 Å². The van der Waals surface area contributed by atoms with Gasteiger partial charge < -0.3 is 0 Å². The first-order valence-corrected chi connectivity index (χ1v) is 7.84. The number of carbonyl (C=O) groups excluding carboxylic acids is 1. The first-order chi connectivity index (χ1) is 10.0. The van der Waals surface area contributed by atoms with Crippen molar-refractivity contribution < 1.29 is 13.2 Å². The van der Waals surface area contributed by atoms with E-state index in [0.29, 0.717) is 19.3 Å². The van der Waals surface area contributed by atoms with Crippen LogP contribution in [0.1, 0.15) is 12.0 Å². The van der Waals surface area contributed by atoms with Crippen molar-refractivity contribution in [3.8, 4) is 0 Å². The van der Waals surface area contributed by atoms with Crippen LogP contribution in [0.4, 0.5) is 0 Å². The second kappa shape index (κ2) is 6.45. The normalized spacial score (nSPS) is 11.9. The van der Waals surface area contributed by atoms with Gasteiger partial charge >= 0.3 is 0 Å². The van der Waals surface area contributed by atoms with Crippen LogP contribution in [0.15, 0.2) is 52.5 Å². The zero-order chi connectivity index (χ0) is 15.3. The Hall–Kier alpha value is -2.28. The molecule has 1 aromatic carbocycles. The molecule has 0 radical (unpaired) electrons. The van der Waals surface area contributed by atoms with Gasteiger partial charge in [-0.1, -0.05) is 29.0 Å². The van der Waals surface area contributed by atoms with Crippen LogP contribution in [-0.4, -0.2) is 29.7 Å². The lowest BCUT2D eigenvalue weighted by Gasteiger charge is -2.00. The molecule has 0 aliphatic heterocycles. The van der Waals surface area contributed by atoms with E-state index in [2.05, 4.69) is 10.3 Å². The van der Waals surface area contributed by atoms with E-state index in [1.54, 1.807) is 30.3 Å². The summed E-state index contributed by atoms with van der Waals surface area (Å²) < 4.78 is 26.2. The molecule has 0 spiro atoms. The topological polar surface area (TPSA) is 81.9 Å². The lowest BCUT2D eigenvalue weighted by atomic mass is 10.2. The number of benzene rings is 1. The Morgan fingerprint density at radius 1 is 1.24 bits per heavy atom. The first-order valence-electron chi connectivity index (χ1n) is 6.36. The number of hydrogen-bond acceptors (Lipinski definition) is 5. The molecule has 110 valence electrons. The molecule has 0 saturated heterocycles. The van der Waals surface area contributed by atoms with Crippen molar-refractivity contribution in [1.29, 1.82) is 0 Å². The Labute approximate surface area is 123 Å². The molecule has 0 fully saturated rings. The largest absolute Gasteiger partial charge is 0.299 e. The number of aromatic nitrogens is 3. The van der Waals surface area contributed by atoms with Gasteiger partial charge in [-0.3, -0.25) is 9.48 Å². The molecule has 0 bridgehead atoms. The number of sulfone groups is 1. The second-order valence-electron chi connectivity index (χ2n) is 4.49. The molecule has 0 aliphatic rings. The van der Waals surface area contributed by atoms with Gasteiger partial charge in [0.15, 0.2) is 0 Å². The van der Waals surface area contributed by atoms with Gasteiger partial charge in [0, 0.05) is 6.54 Å². The number of rotatable bonds is 6. The van der Waals surface area contributed by atoms with Crippen molar-refractivity contribution in [1.82, 2.24) is 15.0 Å². The third-order valence-corrected chi connectivity index (χ3v) is 4.49. The molecule has 2 aromatic rings. The lowest BCUT2D eigenvalue weighted by Crippen LogP contribution is -2.02. The summed E-state index contributed by atoms with van der Waals surface area (Å²) in [6.45, 7) is 2.35. The molecule has 0 aliphatic carbocycles. The Balaban J connectivity index is 2.18. The minimum Gasteiger partial charge on any atom is -0.299 e. The highest BCUT2D eigenvalue weighted by atomic mass is 32.2. The van der Waals surface area contributed by atoms with E-state index in [1.807, 2.05) is 6.92 Å². The van der Waals surface area contributed by atoms with E-state index in [0.717, 1.165) is 5.56 Å². The zero-order valence-electron chi connectivity index (χ0n) is 11.5. The molecule has 0 atom stereocenters. The van der Waals surface area contributed by atoms with Crippen LogP contribution < -0.4 is 0 Å². The van der Waals surface area contributed by atoms with Crippen LogP contribution in [-0.2, 0) is 21.2 Å². The smallest absolute Gasteiger partial charge is 0.227 e. The molecule has 2 rings (SSSR count). The van der Waals surface area contributed by atoms with Gasteiger partial charge in [0.05, 0.1) is 11.1 Å². The monoisotopic (exact) mass is 305 g/mol. The van der Waals surface area contributed by atoms with E-state index in [-0.39, 0.29) is 9.92 Å². The fourth-order valence-electron chi connectivity index (χ4n) is 1.71. The highest BCUT2D eigenvalue weighted by molar-refractivity contribution is 7.91. The molecule has 0 amide bonds. The van der Waals surface area contributed by atoms with Crippen molar-refractivity contribution in [3.63, 3.8) is 0 Å². The van der Waals surface area contributed by atoms with Gasteiger partial charge in [-0.15, -0.1) is 5.10 Å². The minimum absolute atomic E-state index is 0.0780. The molecule has 1 heterocycles. The molecular weight excluding hydrogens is 290 g/mol. The van der Waals surface area contributed by atoms with Gasteiger partial charge in [0.1, 0.15) is 6.29 Å². The molecule has 0 N–H and O–H groups in total. The van der Waals surface area contributed by atoms with Crippen LogP contribution in [0.5, 0.6) is 0 Å². The standard InChI is InChI=1S/C14H15N3O3S/c1-12-5-7-13(8-6-12)21(19,20)14-11-17(16-15-14)9-3-2-4-10-18/h2,4-8,10-11H,3,9H2,1H3/b4-2+. The third kappa shape index (κ3) is 3.63. The fourth-order valence-corrected chi connectivity index (χ4v) is 2.85. The third-order valence-electron chi connectivity index (χ3n) is 2.86. The van der Waals surface area contributed by atoms with Crippen molar-refractivity contribution in [2.75, 3.05) is 0 Å². The average Bonchev–Trinajstić information content (AvgIpc) is 2.94. The van der Waals surface area contributed by atoms with E-state index in [1.165, 1.54) is 17.0 Å². The Bertz CT molecular complexity index is 746. The van der Waals surface area contributed by atoms with Gasteiger partial charge in [-0.25, -0.2) is 8.42 Å². The van der Waals surface area contributed by atoms with Crippen LogP contribution in [0.3, 0.4) is 0 Å². The molecule has 1 aromatic heterocycles. The summed E-state index contributed by atoms with van der Waals surface area (Å²) in [4.78, 5) is 10.3. The summed E-state index contributed by atoms with van der Waals surface area (Å²) in [6, 6.07) is 6.58. The summed E-state index contributed by atoms with van der Waals surface area (Å²) in [5.41, 5.74) is 0.986. The van der Waals surface area contributed by atoms with Gasteiger partial charge in [0.2, 0.25) is 14.9 Å². The van der Waals surface area contributed by atoms with Gasteiger partial charge in [-0.2, -0.15) is 0 Å². The van der Waals surface area contributed by atoms with E-state index in [9.17, 15) is 13.2 Å². The summed E-state index contributed by atoms with van der Waals surface area (Å²) in [5.74, 6) is 0. The van der Waals surface area contributed by atoms with Crippen LogP contribution in [0.25, 0.3) is 0 Å². The highest BCUT2D eigenvalue weighted by Crippen LogP contribution is 2.18. The molecule has 6 nitrogen and oxygen atoms in total. The number of nitrogens with zero attached hydrogens (tertiary/aromatic N) is 3. The zero-order valence-corrected chi connectivity index (χ0v) is 12.3. The number of allylic oxidation sites excluding steroid dienone is 2. The van der Waals surface area contributed by atoms with Gasteiger partial charge in [-0.05, 0) is 31.6 Å². The maximum absolute atomic E-state index is 12.4. The maximum atomic E-state index is 12.4. The maximum Gasteiger partial charge on any atom is 0.227 e.